The van der Waals surface area contributed by atoms with Gasteiger partial charge in [-0.15, -0.1) is 0 Å². The minimum Gasteiger partial charge on any atom is -0.495 e. The summed E-state index contributed by atoms with van der Waals surface area (Å²) < 4.78 is 60.6. The van der Waals surface area contributed by atoms with E-state index < -0.39 is 29.0 Å². The quantitative estimate of drug-likeness (QED) is 0.206. The van der Waals surface area contributed by atoms with Gasteiger partial charge in [0.25, 0.3) is 5.91 Å². The zero-order valence-corrected chi connectivity index (χ0v) is 24.3. The van der Waals surface area contributed by atoms with Crippen molar-refractivity contribution in [3.8, 4) is 17.0 Å². The summed E-state index contributed by atoms with van der Waals surface area (Å²) in [6.45, 7) is 4.53. The number of carbonyl (C=O) groups excluding carboxylic acids is 1. The van der Waals surface area contributed by atoms with Gasteiger partial charge in [0.1, 0.15) is 29.4 Å². The van der Waals surface area contributed by atoms with E-state index in [1.165, 1.54) is 25.1 Å². The molecule has 1 saturated heterocycles. The molecule has 0 radical (unpaired) electrons. The number of amides is 1. The van der Waals surface area contributed by atoms with Crippen LogP contribution < -0.4 is 15.8 Å². The second-order valence-electron chi connectivity index (χ2n) is 10.8. The number of fused-ring (bicyclic) bond motifs is 1. The van der Waals surface area contributed by atoms with Crippen LogP contribution in [0.3, 0.4) is 0 Å². The van der Waals surface area contributed by atoms with Crippen molar-refractivity contribution in [1.82, 2.24) is 34.8 Å². The SMILES string of the molecule is COc1cc(-c2nn(C3CCN(Cc4cn[nH]c4C)CC3)c3ncnc(N)c23)ccc1NC(=O)c1ccc(C(F)(F)F)cc1F. The molecule has 1 amide bonds. The number of methoxy groups -OCH3 is 1. The average Bonchev–Trinajstić information content (AvgIpc) is 3.61. The van der Waals surface area contributed by atoms with Crippen molar-refractivity contribution in [3.63, 3.8) is 0 Å². The standard InChI is InChI=1S/C30H29F4N9O2/c1-16-18(13-38-40-16)14-42-9-7-20(8-10-42)43-28-25(27(35)36-15-37-28)26(41-43)17-3-6-23(24(11-17)45-2)39-29(44)21-5-4-19(12-22(21)31)30(32,33)34/h3-6,11-13,15,20H,7-10,14H2,1-2H3,(H,38,40)(H,39,44)(H2,35,36,37). The Labute approximate surface area is 254 Å². The molecule has 0 unspecified atom stereocenters. The average molecular weight is 624 g/mol. The van der Waals surface area contributed by atoms with Gasteiger partial charge in [0.15, 0.2) is 5.65 Å². The van der Waals surface area contributed by atoms with Gasteiger partial charge in [-0.3, -0.25) is 14.8 Å². The number of piperidine rings is 1. The molecule has 4 heterocycles. The molecule has 3 aromatic heterocycles. The molecule has 234 valence electrons. The number of nitrogens with zero attached hydrogens (tertiary/aromatic N) is 6. The van der Waals surface area contributed by atoms with E-state index in [1.54, 1.807) is 12.1 Å². The lowest BCUT2D eigenvalue weighted by atomic mass is 10.0. The number of aryl methyl sites for hydroxylation is 1. The predicted octanol–water partition coefficient (Wildman–Crippen LogP) is 5.36. The van der Waals surface area contributed by atoms with Crippen LogP contribution in [0.5, 0.6) is 5.75 Å². The Morgan fingerprint density at radius 1 is 1.16 bits per heavy atom. The number of rotatable bonds is 7. The summed E-state index contributed by atoms with van der Waals surface area (Å²) in [5.41, 5.74) is 8.69. The van der Waals surface area contributed by atoms with Crippen LogP contribution in [-0.2, 0) is 12.7 Å². The second kappa shape index (κ2) is 11.8. The predicted molar refractivity (Wildman–Crippen MR) is 158 cm³/mol. The summed E-state index contributed by atoms with van der Waals surface area (Å²) in [7, 11) is 1.39. The van der Waals surface area contributed by atoms with Crippen LogP contribution in [-0.4, -0.2) is 61.0 Å². The highest BCUT2D eigenvalue weighted by molar-refractivity contribution is 6.06. The van der Waals surface area contributed by atoms with Crippen LogP contribution in [0.15, 0.2) is 48.9 Å². The number of halogens is 4. The van der Waals surface area contributed by atoms with Gasteiger partial charge >= 0.3 is 6.18 Å². The van der Waals surface area contributed by atoms with E-state index in [2.05, 4.69) is 30.4 Å². The zero-order chi connectivity index (χ0) is 31.9. The van der Waals surface area contributed by atoms with Gasteiger partial charge in [0, 0.05) is 36.5 Å². The Hall–Kier alpha value is -5.05. The van der Waals surface area contributed by atoms with Crippen LogP contribution in [0.4, 0.5) is 29.1 Å². The van der Waals surface area contributed by atoms with Gasteiger partial charge in [-0.05, 0) is 50.1 Å². The molecule has 0 bridgehead atoms. The molecule has 1 aliphatic rings. The molecule has 0 saturated carbocycles. The van der Waals surface area contributed by atoms with Crippen LogP contribution in [0, 0.1) is 12.7 Å². The first-order valence-corrected chi connectivity index (χ1v) is 14.1. The second-order valence-corrected chi connectivity index (χ2v) is 10.8. The molecule has 11 nitrogen and oxygen atoms in total. The fourth-order valence-electron chi connectivity index (χ4n) is 5.56. The normalized spacial score (nSPS) is 14.6. The number of carbonyl (C=O) groups is 1. The Morgan fingerprint density at radius 2 is 1.93 bits per heavy atom. The summed E-state index contributed by atoms with van der Waals surface area (Å²) in [5, 5.41) is 15.1. The van der Waals surface area contributed by atoms with E-state index in [1.807, 2.05) is 17.8 Å². The van der Waals surface area contributed by atoms with Crippen molar-refractivity contribution >= 4 is 28.4 Å². The van der Waals surface area contributed by atoms with Gasteiger partial charge < -0.3 is 15.8 Å². The zero-order valence-electron chi connectivity index (χ0n) is 24.3. The Kier molecular flexibility index (Phi) is 7.87. The van der Waals surface area contributed by atoms with Gasteiger partial charge in [-0.1, -0.05) is 6.07 Å². The van der Waals surface area contributed by atoms with Crippen LogP contribution in [0.2, 0.25) is 0 Å². The smallest absolute Gasteiger partial charge is 0.416 e. The number of aromatic amines is 1. The van der Waals surface area contributed by atoms with E-state index in [-0.39, 0.29) is 29.4 Å². The summed E-state index contributed by atoms with van der Waals surface area (Å²) >= 11 is 0. The summed E-state index contributed by atoms with van der Waals surface area (Å²) in [4.78, 5) is 23.9. The highest BCUT2D eigenvalue weighted by Crippen LogP contribution is 2.38. The van der Waals surface area contributed by atoms with E-state index in [4.69, 9.17) is 15.6 Å². The minimum absolute atomic E-state index is 0.0661. The van der Waals surface area contributed by atoms with Crippen LogP contribution >= 0.6 is 0 Å². The maximum atomic E-state index is 14.4. The van der Waals surface area contributed by atoms with E-state index in [0.717, 1.165) is 44.2 Å². The molecule has 5 aromatic rings. The van der Waals surface area contributed by atoms with E-state index in [9.17, 15) is 22.4 Å². The van der Waals surface area contributed by atoms with E-state index in [0.29, 0.717) is 28.4 Å². The van der Waals surface area contributed by atoms with Crippen LogP contribution in [0.25, 0.3) is 22.3 Å². The van der Waals surface area contributed by atoms with Gasteiger partial charge in [-0.2, -0.15) is 23.4 Å². The molecule has 1 fully saturated rings. The van der Waals surface area contributed by atoms with Crippen molar-refractivity contribution in [2.75, 3.05) is 31.2 Å². The lowest BCUT2D eigenvalue weighted by Gasteiger charge is -2.32. The Bertz CT molecular complexity index is 1880. The van der Waals surface area contributed by atoms with Crippen molar-refractivity contribution in [2.24, 2.45) is 0 Å². The van der Waals surface area contributed by atoms with Gasteiger partial charge in [0.2, 0.25) is 0 Å². The molecule has 1 aliphatic heterocycles. The third kappa shape index (κ3) is 5.90. The van der Waals surface area contributed by atoms with E-state index >= 15 is 0 Å². The number of anilines is 2. The number of alkyl halides is 3. The summed E-state index contributed by atoms with van der Waals surface area (Å²) in [6.07, 6.45) is 0.192. The lowest BCUT2D eigenvalue weighted by Crippen LogP contribution is -2.34. The molecular formula is C30H29F4N9O2. The molecule has 0 spiro atoms. The monoisotopic (exact) mass is 623 g/mol. The molecule has 6 rings (SSSR count). The molecule has 4 N–H and O–H groups in total. The first-order chi connectivity index (χ1) is 21.5. The minimum atomic E-state index is -4.74. The number of nitrogens with one attached hydrogen (secondary N) is 2. The molecule has 0 atom stereocenters. The molecular weight excluding hydrogens is 594 g/mol. The van der Waals surface area contributed by atoms with Crippen LogP contribution in [0.1, 0.15) is 46.1 Å². The number of benzene rings is 2. The first-order valence-electron chi connectivity index (χ1n) is 14.1. The van der Waals surface area contributed by atoms with Gasteiger partial charge in [0.05, 0.1) is 41.5 Å². The van der Waals surface area contributed by atoms with Crippen molar-refractivity contribution in [2.45, 2.75) is 38.5 Å². The number of hydrogen-bond donors (Lipinski definition) is 3. The van der Waals surface area contributed by atoms with Crippen molar-refractivity contribution < 1.29 is 27.1 Å². The maximum absolute atomic E-state index is 14.4. The number of ether oxygens (including phenoxy) is 1. The fraction of sp³-hybridized carbons (Fsp3) is 0.300. The third-order valence-electron chi connectivity index (χ3n) is 8.01. The fourth-order valence-corrected chi connectivity index (χ4v) is 5.56. The topological polar surface area (TPSA) is 140 Å². The first kappa shape index (κ1) is 30.0. The molecule has 2 aromatic carbocycles. The van der Waals surface area contributed by atoms with Crippen molar-refractivity contribution in [3.05, 3.63) is 77.1 Å². The maximum Gasteiger partial charge on any atom is 0.416 e. The highest BCUT2D eigenvalue weighted by atomic mass is 19.4. The summed E-state index contributed by atoms with van der Waals surface area (Å²) in [6, 6.07) is 6.64. The number of nitrogens with two attached hydrogens (primary N) is 1. The Balaban J connectivity index is 1.26. The lowest BCUT2D eigenvalue weighted by molar-refractivity contribution is -0.137. The Morgan fingerprint density at radius 3 is 2.60 bits per heavy atom. The summed E-state index contributed by atoms with van der Waals surface area (Å²) in [5.74, 6) is -1.76. The number of H-pyrrole nitrogens is 1. The van der Waals surface area contributed by atoms with Gasteiger partial charge in [-0.25, -0.2) is 19.0 Å². The largest absolute Gasteiger partial charge is 0.495 e. The third-order valence-corrected chi connectivity index (χ3v) is 8.01. The highest BCUT2D eigenvalue weighted by Gasteiger charge is 2.32. The number of likely N-dealkylation sites (tertiary alicyclic amines) is 1. The number of hydrogen-bond acceptors (Lipinski definition) is 8. The molecule has 45 heavy (non-hydrogen) atoms. The number of nitrogen functional groups attached to an aromatic ring is 1. The molecule has 0 aliphatic carbocycles. The number of aromatic nitrogens is 6. The van der Waals surface area contributed by atoms with Crippen molar-refractivity contribution in [1.29, 1.82) is 0 Å². The molecule has 15 heteroatoms.